The molecule has 0 bridgehead atoms. The third-order valence-corrected chi connectivity index (χ3v) is 5.48. The highest BCUT2D eigenvalue weighted by atomic mass is 32.2. The number of carbonyl (C=O) groups excluding carboxylic acids is 2. The molecule has 0 unspecified atom stereocenters. The van der Waals surface area contributed by atoms with E-state index in [1.807, 2.05) is 28.8 Å². The van der Waals surface area contributed by atoms with Crippen LogP contribution < -0.4 is 15.8 Å². The fourth-order valence-electron chi connectivity index (χ4n) is 2.91. The molecular weight excluding hydrogens is 378 g/mol. The zero-order valence-corrected chi connectivity index (χ0v) is 16.7. The number of nitrogens with one attached hydrogen (secondary N) is 1. The number of nitrogens with zero attached hydrogens (tertiary/aromatic N) is 3. The van der Waals surface area contributed by atoms with E-state index >= 15 is 0 Å². The van der Waals surface area contributed by atoms with E-state index in [0.29, 0.717) is 30.6 Å². The summed E-state index contributed by atoms with van der Waals surface area (Å²) in [6.45, 7) is 0.980. The topological polar surface area (TPSA) is 112 Å². The molecule has 150 valence electrons. The van der Waals surface area contributed by atoms with E-state index in [-0.39, 0.29) is 24.0 Å². The smallest absolute Gasteiger partial charge is 0.230 e. The predicted octanol–water partition coefficient (Wildman–Crippen LogP) is 1.49. The molecule has 1 aliphatic carbocycles. The maximum Gasteiger partial charge on any atom is 0.230 e. The molecule has 8 nitrogen and oxygen atoms in total. The van der Waals surface area contributed by atoms with Gasteiger partial charge in [0.1, 0.15) is 11.6 Å². The molecule has 0 saturated heterocycles. The van der Waals surface area contributed by atoms with E-state index in [1.54, 1.807) is 7.11 Å². The molecule has 28 heavy (non-hydrogen) atoms. The molecule has 0 radical (unpaired) electrons. The maximum atomic E-state index is 12.2. The third kappa shape index (κ3) is 5.48. The van der Waals surface area contributed by atoms with Crippen molar-refractivity contribution in [3.05, 3.63) is 35.7 Å². The molecule has 1 heterocycles. The lowest BCUT2D eigenvalue weighted by molar-refractivity contribution is -0.119. The number of hydrogen-bond donors (Lipinski definition) is 2. The van der Waals surface area contributed by atoms with Gasteiger partial charge in [-0.2, -0.15) is 0 Å². The number of nitrogens with two attached hydrogens (primary N) is 1. The van der Waals surface area contributed by atoms with E-state index in [1.165, 1.54) is 11.8 Å². The Balaban J connectivity index is 1.49. The van der Waals surface area contributed by atoms with E-state index in [4.69, 9.17) is 10.5 Å². The zero-order valence-electron chi connectivity index (χ0n) is 15.9. The van der Waals surface area contributed by atoms with Crippen LogP contribution in [0.3, 0.4) is 0 Å². The molecule has 9 heteroatoms. The van der Waals surface area contributed by atoms with Crippen molar-refractivity contribution in [3.8, 4) is 5.75 Å². The van der Waals surface area contributed by atoms with Crippen molar-refractivity contribution in [3.63, 3.8) is 0 Å². The summed E-state index contributed by atoms with van der Waals surface area (Å²) in [4.78, 5) is 23.3. The van der Waals surface area contributed by atoms with Crippen LogP contribution in [0.15, 0.2) is 29.4 Å². The van der Waals surface area contributed by atoms with Crippen molar-refractivity contribution in [1.82, 2.24) is 20.1 Å². The van der Waals surface area contributed by atoms with Gasteiger partial charge in [0.05, 0.1) is 12.9 Å². The van der Waals surface area contributed by atoms with Crippen molar-refractivity contribution in [2.75, 3.05) is 19.4 Å². The quantitative estimate of drug-likeness (QED) is 0.550. The summed E-state index contributed by atoms with van der Waals surface area (Å²) in [5, 5.41) is 12.0. The average Bonchev–Trinajstić information content (AvgIpc) is 3.45. The van der Waals surface area contributed by atoms with Crippen molar-refractivity contribution < 1.29 is 14.3 Å². The first kappa shape index (κ1) is 20.2. The first-order chi connectivity index (χ1) is 13.6. The molecule has 1 aromatic carbocycles. The zero-order chi connectivity index (χ0) is 19.9. The molecule has 0 spiro atoms. The van der Waals surface area contributed by atoms with Gasteiger partial charge in [-0.1, -0.05) is 30.0 Å². The van der Waals surface area contributed by atoms with Gasteiger partial charge < -0.3 is 20.4 Å². The Morgan fingerprint density at radius 3 is 2.82 bits per heavy atom. The lowest BCUT2D eigenvalue weighted by atomic mass is 10.1. The van der Waals surface area contributed by atoms with Crippen LogP contribution in [0.4, 0.5) is 0 Å². The number of carbonyl (C=O) groups is 2. The van der Waals surface area contributed by atoms with Gasteiger partial charge in [0.15, 0.2) is 5.16 Å². The second-order valence-corrected chi connectivity index (χ2v) is 7.63. The molecule has 1 aliphatic rings. The van der Waals surface area contributed by atoms with Gasteiger partial charge >= 0.3 is 0 Å². The second-order valence-electron chi connectivity index (χ2n) is 6.68. The molecule has 3 N–H and O–H groups in total. The average molecular weight is 404 g/mol. The van der Waals surface area contributed by atoms with Gasteiger partial charge in [-0.3, -0.25) is 9.59 Å². The molecule has 0 aliphatic heterocycles. The number of para-hydroxylation sites is 1. The standard InChI is InChI=1S/C19H25N5O3S/c1-27-15-5-3-2-4-13(15)8-10-21-17(26)12-28-19-23-22-18(14-6-7-14)24(19)11-9-16(20)25/h2-5,14H,6-12H2,1H3,(H2,20,25)(H,21,26). The monoisotopic (exact) mass is 403 g/mol. The molecule has 0 atom stereocenters. The van der Waals surface area contributed by atoms with Crippen molar-refractivity contribution in [1.29, 1.82) is 0 Å². The van der Waals surface area contributed by atoms with E-state index in [0.717, 1.165) is 30.0 Å². The van der Waals surface area contributed by atoms with Gasteiger partial charge in [-0.05, 0) is 30.9 Å². The summed E-state index contributed by atoms with van der Waals surface area (Å²) in [6, 6.07) is 7.76. The van der Waals surface area contributed by atoms with Crippen molar-refractivity contribution in [2.24, 2.45) is 5.73 Å². The summed E-state index contributed by atoms with van der Waals surface area (Å²) < 4.78 is 7.25. The normalized spacial score (nSPS) is 13.3. The van der Waals surface area contributed by atoms with Crippen LogP contribution in [0.1, 0.15) is 36.6 Å². The SMILES string of the molecule is COc1ccccc1CCNC(=O)CSc1nnc(C2CC2)n1CCC(N)=O. The summed E-state index contributed by atoms with van der Waals surface area (Å²) in [5.41, 5.74) is 6.33. The largest absolute Gasteiger partial charge is 0.496 e. The highest BCUT2D eigenvalue weighted by Crippen LogP contribution is 2.40. The van der Waals surface area contributed by atoms with Crippen LogP contribution in [-0.4, -0.2) is 46.0 Å². The van der Waals surface area contributed by atoms with Gasteiger partial charge in [0, 0.05) is 25.4 Å². The van der Waals surface area contributed by atoms with E-state index in [2.05, 4.69) is 15.5 Å². The number of primary amides is 1. The predicted molar refractivity (Wildman–Crippen MR) is 106 cm³/mol. The van der Waals surface area contributed by atoms with Crippen LogP contribution in [0.2, 0.25) is 0 Å². The van der Waals surface area contributed by atoms with Crippen molar-refractivity contribution in [2.45, 2.75) is 43.3 Å². The Bertz CT molecular complexity index is 835. The number of aromatic nitrogens is 3. The van der Waals surface area contributed by atoms with Gasteiger partial charge in [0.25, 0.3) is 0 Å². The minimum atomic E-state index is -0.361. The summed E-state index contributed by atoms with van der Waals surface area (Å²) in [6.07, 6.45) is 3.10. The minimum Gasteiger partial charge on any atom is -0.496 e. The number of rotatable bonds is 11. The lowest BCUT2D eigenvalue weighted by Gasteiger charge is -2.10. The van der Waals surface area contributed by atoms with E-state index < -0.39 is 0 Å². The molecule has 1 fully saturated rings. The Hall–Kier alpha value is -2.55. The van der Waals surface area contributed by atoms with Crippen molar-refractivity contribution >= 4 is 23.6 Å². The number of amides is 2. The lowest BCUT2D eigenvalue weighted by Crippen LogP contribution is -2.27. The number of ether oxygens (including phenoxy) is 1. The van der Waals surface area contributed by atoms with Gasteiger partial charge in [0.2, 0.25) is 11.8 Å². The Morgan fingerprint density at radius 1 is 1.32 bits per heavy atom. The second kappa shape index (κ2) is 9.59. The highest BCUT2D eigenvalue weighted by molar-refractivity contribution is 7.99. The minimum absolute atomic E-state index is 0.0719. The fraction of sp³-hybridized carbons (Fsp3) is 0.474. The number of thioether (sulfide) groups is 1. The highest BCUT2D eigenvalue weighted by Gasteiger charge is 2.30. The van der Waals surface area contributed by atoms with E-state index in [9.17, 15) is 9.59 Å². The first-order valence-corrected chi connectivity index (χ1v) is 10.3. The number of hydrogen-bond acceptors (Lipinski definition) is 6. The van der Waals surface area contributed by atoms with Gasteiger partial charge in [-0.15, -0.1) is 10.2 Å². The van der Waals surface area contributed by atoms with Gasteiger partial charge in [-0.25, -0.2) is 0 Å². The Labute approximate surface area is 168 Å². The molecule has 3 rings (SSSR count). The van der Waals surface area contributed by atoms with Crippen LogP contribution in [-0.2, 0) is 22.6 Å². The third-order valence-electron chi connectivity index (χ3n) is 4.51. The Kier molecular flexibility index (Phi) is 6.91. The molecule has 2 amide bonds. The summed E-state index contributed by atoms with van der Waals surface area (Å²) >= 11 is 1.33. The van der Waals surface area contributed by atoms with Crippen LogP contribution in [0, 0.1) is 0 Å². The maximum absolute atomic E-state index is 12.2. The summed E-state index contributed by atoms with van der Waals surface area (Å²) in [7, 11) is 1.64. The Morgan fingerprint density at radius 2 is 2.11 bits per heavy atom. The fourth-order valence-corrected chi connectivity index (χ4v) is 3.71. The summed E-state index contributed by atoms with van der Waals surface area (Å²) in [5.74, 6) is 1.93. The number of benzene rings is 1. The molecule has 1 saturated carbocycles. The molecule has 2 aromatic rings. The molecule has 1 aromatic heterocycles. The first-order valence-electron chi connectivity index (χ1n) is 9.31. The van der Waals surface area contributed by atoms with Crippen LogP contribution in [0.25, 0.3) is 0 Å². The number of methoxy groups -OCH3 is 1. The van der Waals surface area contributed by atoms with Crippen LogP contribution >= 0.6 is 11.8 Å². The molecular formula is C19H25N5O3S. The van der Waals surface area contributed by atoms with Crippen LogP contribution in [0.5, 0.6) is 5.75 Å².